The fourth-order valence-electron chi connectivity index (χ4n) is 2.03. The molecule has 0 aliphatic heterocycles. The van der Waals surface area contributed by atoms with E-state index in [0.717, 1.165) is 11.3 Å². The van der Waals surface area contributed by atoms with E-state index in [9.17, 15) is 4.79 Å². The molecule has 3 heteroatoms. The van der Waals surface area contributed by atoms with Crippen molar-refractivity contribution in [3.8, 4) is 0 Å². The fraction of sp³-hybridized carbons (Fsp3) is 0.235. The van der Waals surface area contributed by atoms with Gasteiger partial charge in [0.05, 0.1) is 6.04 Å². The number of hydrogen-bond acceptors (Lipinski definition) is 2. The zero-order valence-corrected chi connectivity index (χ0v) is 12.1. The van der Waals surface area contributed by atoms with E-state index in [0.29, 0.717) is 5.56 Å². The Morgan fingerprint density at radius 3 is 2.40 bits per heavy atom. The van der Waals surface area contributed by atoms with E-state index in [1.165, 1.54) is 0 Å². The molecule has 2 rings (SSSR count). The predicted octanol–water partition coefficient (Wildman–Crippen LogP) is 3.24. The largest absolute Gasteiger partial charge is 0.378 e. The van der Waals surface area contributed by atoms with Crippen LogP contribution in [0.1, 0.15) is 28.9 Å². The average Bonchev–Trinajstić information content (AvgIpc) is 2.48. The summed E-state index contributed by atoms with van der Waals surface area (Å²) in [6.45, 7) is 1.99. The number of anilines is 1. The lowest BCUT2D eigenvalue weighted by Gasteiger charge is -2.16. The highest BCUT2D eigenvalue weighted by Crippen LogP contribution is 2.16. The Morgan fingerprint density at radius 2 is 1.75 bits per heavy atom. The Labute approximate surface area is 120 Å². The van der Waals surface area contributed by atoms with E-state index < -0.39 is 0 Å². The van der Waals surface area contributed by atoms with Crippen molar-refractivity contribution in [2.45, 2.75) is 13.0 Å². The summed E-state index contributed by atoms with van der Waals surface area (Å²) in [4.78, 5) is 14.3. The number of rotatable bonds is 4. The minimum absolute atomic E-state index is 0.00767. The summed E-state index contributed by atoms with van der Waals surface area (Å²) in [6.07, 6.45) is 0. The molecule has 0 saturated heterocycles. The van der Waals surface area contributed by atoms with Crippen molar-refractivity contribution >= 4 is 11.6 Å². The topological polar surface area (TPSA) is 32.3 Å². The first-order valence-electron chi connectivity index (χ1n) is 6.71. The van der Waals surface area contributed by atoms with Gasteiger partial charge in [0.1, 0.15) is 0 Å². The summed E-state index contributed by atoms with van der Waals surface area (Å²) in [6, 6.07) is 17.6. The lowest BCUT2D eigenvalue weighted by Crippen LogP contribution is -2.26. The van der Waals surface area contributed by atoms with Gasteiger partial charge in [-0.3, -0.25) is 4.79 Å². The molecule has 2 aromatic rings. The minimum atomic E-state index is -0.0509. The third kappa shape index (κ3) is 3.38. The van der Waals surface area contributed by atoms with Crippen molar-refractivity contribution in [3.63, 3.8) is 0 Å². The molecule has 0 radical (unpaired) electrons. The van der Waals surface area contributed by atoms with Gasteiger partial charge in [-0.1, -0.05) is 36.4 Å². The Hall–Kier alpha value is -2.29. The molecular formula is C17H20N2O. The molecule has 0 unspecified atom stereocenters. The molecular weight excluding hydrogens is 248 g/mol. The van der Waals surface area contributed by atoms with Crippen LogP contribution >= 0.6 is 0 Å². The number of carbonyl (C=O) groups excluding carboxylic acids is 1. The second-order valence-corrected chi connectivity index (χ2v) is 5.05. The van der Waals surface area contributed by atoms with E-state index in [1.807, 2.05) is 80.5 Å². The van der Waals surface area contributed by atoms with Crippen LogP contribution in [0.25, 0.3) is 0 Å². The number of amides is 1. The van der Waals surface area contributed by atoms with Gasteiger partial charge in [-0.2, -0.15) is 0 Å². The number of hydrogen-bond donors (Lipinski definition) is 1. The monoisotopic (exact) mass is 268 g/mol. The summed E-state index contributed by atoms with van der Waals surface area (Å²) in [5.41, 5.74) is 2.80. The Morgan fingerprint density at radius 1 is 1.05 bits per heavy atom. The van der Waals surface area contributed by atoms with Gasteiger partial charge in [-0.25, -0.2) is 0 Å². The number of nitrogens with zero attached hydrogens (tertiary/aromatic N) is 1. The van der Waals surface area contributed by atoms with Gasteiger partial charge in [-0.15, -0.1) is 0 Å². The SMILES string of the molecule is C[C@H](NC(=O)c1cccc(N(C)C)c1)c1ccccc1. The molecule has 1 N–H and O–H groups in total. The van der Waals surface area contributed by atoms with Crippen LogP contribution in [0.5, 0.6) is 0 Å². The Kier molecular flexibility index (Phi) is 4.41. The van der Waals surface area contributed by atoms with Crippen molar-refractivity contribution in [2.24, 2.45) is 0 Å². The van der Waals surface area contributed by atoms with Crippen LogP contribution in [0.3, 0.4) is 0 Å². The Balaban J connectivity index is 2.10. The van der Waals surface area contributed by atoms with E-state index >= 15 is 0 Å². The van der Waals surface area contributed by atoms with Gasteiger partial charge in [0.25, 0.3) is 5.91 Å². The first-order chi connectivity index (χ1) is 9.58. The number of benzene rings is 2. The molecule has 0 fully saturated rings. The molecule has 3 nitrogen and oxygen atoms in total. The minimum Gasteiger partial charge on any atom is -0.378 e. The molecule has 104 valence electrons. The average molecular weight is 268 g/mol. The zero-order chi connectivity index (χ0) is 14.5. The molecule has 0 heterocycles. The second-order valence-electron chi connectivity index (χ2n) is 5.05. The zero-order valence-electron chi connectivity index (χ0n) is 12.1. The van der Waals surface area contributed by atoms with E-state index in [4.69, 9.17) is 0 Å². The standard InChI is InChI=1S/C17H20N2O/c1-13(14-8-5-4-6-9-14)18-17(20)15-10-7-11-16(12-15)19(2)3/h4-13H,1-3H3,(H,18,20)/t13-/m0/s1. The summed E-state index contributed by atoms with van der Waals surface area (Å²) in [5, 5.41) is 3.02. The smallest absolute Gasteiger partial charge is 0.251 e. The maximum Gasteiger partial charge on any atom is 0.251 e. The molecule has 20 heavy (non-hydrogen) atoms. The van der Waals surface area contributed by atoms with Crippen LogP contribution in [0, 0.1) is 0 Å². The van der Waals surface area contributed by atoms with E-state index in [2.05, 4.69) is 5.32 Å². The van der Waals surface area contributed by atoms with Crippen molar-refractivity contribution in [1.29, 1.82) is 0 Å². The van der Waals surface area contributed by atoms with Gasteiger partial charge in [0, 0.05) is 25.3 Å². The van der Waals surface area contributed by atoms with Crippen LogP contribution in [0.2, 0.25) is 0 Å². The lowest BCUT2D eigenvalue weighted by atomic mass is 10.1. The molecule has 0 bridgehead atoms. The third-order valence-electron chi connectivity index (χ3n) is 3.27. The Bertz CT molecular complexity index is 579. The van der Waals surface area contributed by atoms with E-state index in [-0.39, 0.29) is 11.9 Å². The maximum absolute atomic E-state index is 12.3. The van der Waals surface area contributed by atoms with Crippen LogP contribution in [-0.4, -0.2) is 20.0 Å². The fourth-order valence-corrected chi connectivity index (χ4v) is 2.03. The van der Waals surface area contributed by atoms with Crippen molar-refractivity contribution in [1.82, 2.24) is 5.32 Å². The van der Waals surface area contributed by atoms with E-state index in [1.54, 1.807) is 0 Å². The molecule has 0 aliphatic rings. The lowest BCUT2D eigenvalue weighted by molar-refractivity contribution is 0.0940. The normalized spacial score (nSPS) is 11.8. The van der Waals surface area contributed by atoms with Crippen LogP contribution in [0.15, 0.2) is 54.6 Å². The summed E-state index contributed by atoms with van der Waals surface area (Å²) in [7, 11) is 3.92. The maximum atomic E-state index is 12.3. The molecule has 1 atom stereocenters. The highest BCUT2D eigenvalue weighted by atomic mass is 16.1. The summed E-state index contributed by atoms with van der Waals surface area (Å²) >= 11 is 0. The van der Waals surface area contributed by atoms with Gasteiger partial charge in [0.15, 0.2) is 0 Å². The molecule has 0 aromatic heterocycles. The van der Waals surface area contributed by atoms with Crippen molar-refractivity contribution in [3.05, 3.63) is 65.7 Å². The number of carbonyl (C=O) groups is 1. The van der Waals surface area contributed by atoms with Crippen molar-refractivity contribution in [2.75, 3.05) is 19.0 Å². The van der Waals surface area contributed by atoms with Crippen molar-refractivity contribution < 1.29 is 4.79 Å². The second kappa shape index (κ2) is 6.24. The number of nitrogens with one attached hydrogen (secondary N) is 1. The van der Waals surface area contributed by atoms with Crippen LogP contribution < -0.4 is 10.2 Å². The molecule has 0 spiro atoms. The third-order valence-corrected chi connectivity index (χ3v) is 3.27. The van der Waals surface area contributed by atoms with Crippen LogP contribution in [0.4, 0.5) is 5.69 Å². The highest BCUT2D eigenvalue weighted by Gasteiger charge is 2.11. The summed E-state index contributed by atoms with van der Waals surface area (Å²) in [5.74, 6) is -0.0509. The predicted molar refractivity (Wildman–Crippen MR) is 83.1 cm³/mol. The van der Waals surface area contributed by atoms with Gasteiger partial charge >= 0.3 is 0 Å². The molecule has 0 aliphatic carbocycles. The quantitative estimate of drug-likeness (QED) is 0.923. The summed E-state index contributed by atoms with van der Waals surface area (Å²) < 4.78 is 0. The first kappa shape index (κ1) is 14.1. The molecule has 2 aromatic carbocycles. The molecule has 0 saturated carbocycles. The van der Waals surface area contributed by atoms with Gasteiger partial charge < -0.3 is 10.2 Å². The van der Waals surface area contributed by atoms with Crippen LogP contribution in [-0.2, 0) is 0 Å². The highest BCUT2D eigenvalue weighted by molar-refractivity contribution is 5.95. The van der Waals surface area contributed by atoms with Gasteiger partial charge in [-0.05, 0) is 30.7 Å². The molecule has 1 amide bonds. The van der Waals surface area contributed by atoms with Gasteiger partial charge in [0.2, 0.25) is 0 Å². The first-order valence-corrected chi connectivity index (χ1v) is 6.71.